The smallest absolute Gasteiger partial charge is 0.337 e. The summed E-state index contributed by atoms with van der Waals surface area (Å²) in [5, 5.41) is 21.6. The van der Waals surface area contributed by atoms with E-state index in [0.717, 1.165) is 56.8 Å². The lowest BCUT2D eigenvalue weighted by Crippen LogP contribution is -2.08. The van der Waals surface area contributed by atoms with E-state index < -0.39 is 5.97 Å². The number of benzene rings is 3. The summed E-state index contributed by atoms with van der Waals surface area (Å²) in [4.78, 5) is 11.4. The maximum Gasteiger partial charge on any atom is 0.337 e. The van der Waals surface area contributed by atoms with Crippen LogP contribution in [-0.4, -0.2) is 26.1 Å². The highest BCUT2D eigenvalue weighted by atomic mass is 35.5. The number of aromatic nitrogens is 3. The summed E-state index contributed by atoms with van der Waals surface area (Å²) < 4.78 is 8.87. The number of carboxylic acid groups (broad SMARTS) is 1. The van der Waals surface area contributed by atoms with E-state index in [4.69, 9.17) is 27.9 Å². The van der Waals surface area contributed by atoms with Crippen LogP contribution in [0.25, 0.3) is 26.9 Å². The van der Waals surface area contributed by atoms with Crippen LogP contribution in [0, 0.1) is 6.92 Å². The minimum Gasteiger partial charge on any atom is -0.487 e. The maximum absolute atomic E-state index is 11.4. The van der Waals surface area contributed by atoms with Gasteiger partial charge in [-0.05, 0) is 66.8 Å². The zero-order valence-electron chi connectivity index (χ0n) is 19.7. The molecule has 0 amide bonds. The third-order valence-corrected chi connectivity index (χ3v) is 8.15. The molecule has 1 aliphatic rings. The van der Waals surface area contributed by atoms with Gasteiger partial charge in [-0.3, -0.25) is 0 Å². The number of fused-ring (bicyclic) bond motifs is 1. The number of hydrogen-bond donors (Lipinski definition) is 1. The molecule has 2 aromatic heterocycles. The molecule has 0 unspecified atom stereocenters. The quantitative estimate of drug-likeness (QED) is 0.223. The highest BCUT2D eigenvalue weighted by Gasteiger charge is 2.32. The molecule has 0 spiro atoms. The van der Waals surface area contributed by atoms with Gasteiger partial charge in [0.25, 0.3) is 0 Å². The largest absolute Gasteiger partial charge is 0.487 e. The first-order chi connectivity index (χ1) is 17.9. The van der Waals surface area contributed by atoms with E-state index in [9.17, 15) is 9.90 Å². The van der Waals surface area contributed by atoms with Gasteiger partial charge in [-0.15, -0.1) is 16.4 Å². The number of thiophene rings is 1. The van der Waals surface area contributed by atoms with Gasteiger partial charge in [0, 0.05) is 21.4 Å². The van der Waals surface area contributed by atoms with Gasteiger partial charge >= 0.3 is 5.97 Å². The van der Waals surface area contributed by atoms with Crippen molar-refractivity contribution in [2.45, 2.75) is 32.3 Å². The maximum atomic E-state index is 11.4. The van der Waals surface area contributed by atoms with Crippen LogP contribution >= 0.6 is 34.5 Å². The molecular weight excluding hydrogens is 529 g/mol. The summed E-state index contributed by atoms with van der Waals surface area (Å²) in [5.41, 5.74) is 5.85. The highest BCUT2D eigenvalue weighted by molar-refractivity contribution is 7.17. The summed E-state index contributed by atoms with van der Waals surface area (Å²) in [6.07, 6.45) is 2.16. The Labute approximate surface area is 227 Å². The molecule has 1 N–H and O–H groups in total. The van der Waals surface area contributed by atoms with Crippen LogP contribution < -0.4 is 4.74 Å². The summed E-state index contributed by atoms with van der Waals surface area (Å²) in [6, 6.07) is 17.2. The normalized spacial score (nSPS) is 13.3. The fourth-order valence-electron chi connectivity index (χ4n) is 4.56. The Morgan fingerprint density at radius 3 is 2.62 bits per heavy atom. The Kier molecular flexibility index (Phi) is 6.15. The van der Waals surface area contributed by atoms with Crippen LogP contribution in [0.1, 0.15) is 46.1 Å². The van der Waals surface area contributed by atoms with Crippen LogP contribution in [0.5, 0.6) is 5.75 Å². The predicted octanol–water partition coefficient (Wildman–Crippen LogP) is 7.92. The number of hydrogen-bond acceptors (Lipinski definition) is 5. The second-order valence-electron chi connectivity index (χ2n) is 9.11. The van der Waals surface area contributed by atoms with Gasteiger partial charge in [0.05, 0.1) is 21.3 Å². The number of aromatic carboxylic acids is 1. The van der Waals surface area contributed by atoms with Crippen molar-refractivity contribution in [2.24, 2.45) is 0 Å². The average molecular weight is 550 g/mol. The van der Waals surface area contributed by atoms with Crippen molar-refractivity contribution in [1.82, 2.24) is 15.0 Å². The van der Waals surface area contributed by atoms with E-state index in [1.54, 1.807) is 28.3 Å². The van der Waals surface area contributed by atoms with E-state index in [2.05, 4.69) is 10.3 Å². The Morgan fingerprint density at radius 2 is 1.92 bits per heavy atom. The Bertz CT molecular complexity index is 1650. The van der Waals surface area contributed by atoms with E-state index in [-0.39, 0.29) is 6.61 Å². The summed E-state index contributed by atoms with van der Waals surface area (Å²) >= 11 is 14.4. The molecule has 0 atom stereocenters. The monoisotopic (exact) mass is 549 g/mol. The first-order valence-corrected chi connectivity index (χ1v) is 13.4. The number of ether oxygens (including phenoxy) is 1. The molecular formula is C28H21Cl2N3O3S. The molecule has 1 saturated carbocycles. The molecule has 0 radical (unpaired) electrons. The molecule has 0 aliphatic heterocycles. The Hall–Kier alpha value is -3.39. The van der Waals surface area contributed by atoms with Gasteiger partial charge in [-0.25, -0.2) is 9.48 Å². The lowest BCUT2D eigenvalue weighted by molar-refractivity contribution is 0.0699. The standard InChI is InChI=1S/C28H21Cl2N3O3S/c1-15-11-18(8-10-19(15)17-7-9-20-21(28(34)35)14-37-25(20)12-17)36-13-24-26(16-5-6-16)31-32-33(24)27-22(29)3-2-4-23(27)30/h2-4,7-12,14,16H,5-6,13H2,1H3,(H,34,35). The van der Waals surface area contributed by atoms with Gasteiger partial charge in [0.15, 0.2) is 0 Å². The van der Waals surface area contributed by atoms with Crippen LogP contribution in [0.3, 0.4) is 0 Å². The van der Waals surface area contributed by atoms with Crippen molar-refractivity contribution in [1.29, 1.82) is 0 Å². The number of halogens is 2. The molecule has 2 heterocycles. The van der Waals surface area contributed by atoms with Gasteiger partial charge in [0.1, 0.15) is 23.7 Å². The van der Waals surface area contributed by atoms with Gasteiger partial charge in [-0.1, -0.05) is 52.7 Å². The second-order valence-corrected chi connectivity index (χ2v) is 10.8. The number of carbonyl (C=O) groups is 1. The average Bonchev–Trinajstić information content (AvgIpc) is 3.49. The third-order valence-electron chi connectivity index (χ3n) is 6.60. The van der Waals surface area contributed by atoms with Crippen LogP contribution in [0.2, 0.25) is 10.0 Å². The predicted molar refractivity (Wildman–Crippen MR) is 147 cm³/mol. The minimum absolute atomic E-state index is 0.276. The fraction of sp³-hybridized carbons (Fsp3) is 0.179. The van der Waals surface area contributed by atoms with Crippen molar-refractivity contribution in [3.63, 3.8) is 0 Å². The number of carboxylic acids is 1. The lowest BCUT2D eigenvalue weighted by Gasteiger charge is -2.14. The molecule has 6 rings (SSSR count). The molecule has 9 heteroatoms. The van der Waals surface area contributed by atoms with Crippen molar-refractivity contribution in [3.8, 4) is 22.6 Å². The molecule has 1 aliphatic carbocycles. The van der Waals surface area contributed by atoms with E-state index in [0.29, 0.717) is 27.2 Å². The second kappa shape index (κ2) is 9.49. The zero-order valence-corrected chi connectivity index (χ0v) is 22.1. The molecule has 0 saturated heterocycles. The molecule has 3 aromatic carbocycles. The van der Waals surface area contributed by atoms with Crippen molar-refractivity contribution >= 4 is 50.6 Å². The highest BCUT2D eigenvalue weighted by Crippen LogP contribution is 2.42. The summed E-state index contributed by atoms with van der Waals surface area (Å²) in [7, 11) is 0. The Morgan fingerprint density at radius 1 is 1.14 bits per heavy atom. The number of para-hydroxylation sites is 1. The number of nitrogens with zero attached hydrogens (tertiary/aromatic N) is 3. The molecule has 6 nitrogen and oxygen atoms in total. The molecule has 1 fully saturated rings. The topological polar surface area (TPSA) is 77.2 Å². The minimum atomic E-state index is -0.908. The van der Waals surface area contributed by atoms with E-state index in [1.165, 1.54) is 11.3 Å². The first kappa shape index (κ1) is 24.0. The first-order valence-electron chi connectivity index (χ1n) is 11.8. The summed E-state index contributed by atoms with van der Waals surface area (Å²) in [6.45, 7) is 2.31. The Balaban J connectivity index is 1.28. The van der Waals surface area contributed by atoms with Crippen LogP contribution in [-0.2, 0) is 6.61 Å². The molecule has 37 heavy (non-hydrogen) atoms. The lowest BCUT2D eigenvalue weighted by atomic mass is 9.99. The molecule has 5 aromatic rings. The van der Waals surface area contributed by atoms with Crippen molar-refractivity contribution in [3.05, 3.63) is 92.5 Å². The van der Waals surface area contributed by atoms with Gasteiger partial charge < -0.3 is 9.84 Å². The van der Waals surface area contributed by atoms with E-state index in [1.807, 2.05) is 43.3 Å². The van der Waals surface area contributed by atoms with E-state index >= 15 is 0 Å². The molecule has 0 bridgehead atoms. The summed E-state index contributed by atoms with van der Waals surface area (Å²) in [5.74, 6) is 0.202. The van der Waals surface area contributed by atoms with Crippen molar-refractivity contribution in [2.75, 3.05) is 0 Å². The number of aryl methyl sites for hydroxylation is 1. The molecule has 186 valence electrons. The van der Waals surface area contributed by atoms with Crippen LogP contribution in [0.4, 0.5) is 0 Å². The SMILES string of the molecule is Cc1cc(OCc2c(C3CC3)nnn2-c2c(Cl)cccc2Cl)ccc1-c1ccc2c(C(=O)O)csc2c1. The van der Waals surface area contributed by atoms with Crippen molar-refractivity contribution < 1.29 is 14.6 Å². The van der Waals surface area contributed by atoms with Gasteiger partial charge in [-0.2, -0.15) is 0 Å². The number of rotatable bonds is 7. The third kappa shape index (κ3) is 4.48. The van der Waals surface area contributed by atoms with Gasteiger partial charge in [0.2, 0.25) is 0 Å². The fourth-order valence-corrected chi connectivity index (χ4v) is 6.09. The van der Waals surface area contributed by atoms with Crippen LogP contribution in [0.15, 0.2) is 60.0 Å². The zero-order chi connectivity index (χ0) is 25.7.